The number of rotatable bonds is 9. The molecule has 1 atom stereocenters. The first-order valence-corrected chi connectivity index (χ1v) is 11.0. The zero-order valence-corrected chi connectivity index (χ0v) is 13.6. The Morgan fingerprint density at radius 3 is 1.84 bits per heavy atom. The fourth-order valence-corrected chi connectivity index (χ4v) is 3.16. The lowest BCUT2D eigenvalue weighted by Gasteiger charge is -2.32. The summed E-state index contributed by atoms with van der Waals surface area (Å²) in [6.45, 7) is 1.96. The van der Waals surface area contributed by atoms with Crippen LogP contribution in [0.1, 0.15) is 45.4 Å². The number of hydrogen-bond acceptors (Lipinski definition) is 0. The SMILES string of the molecule is CCCCCCCC(F)C(F)(F)C(F)(F)[Si](Cl)(Cl)Cl. The highest BCUT2D eigenvalue weighted by Gasteiger charge is 2.73. The van der Waals surface area contributed by atoms with Crippen molar-refractivity contribution in [2.45, 2.75) is 63.1 Å². The van der Waals surface area contributed by atoms with Crippen molar-refractivity contribution in [3.8, 4) is 0 Å². The fourth-order valence-electron chi connectivity index (χ4n) is 1.49. The van der Waals surface area contributed by atoms with Gasteiger partial charge in [-0.1, -0.05) is 39.0 Å². The van der Waals surface area contributed by atoms with Crippen LogP contribution in [0.25, 0.3) is 0 Å². The van der Waals surface area contributed by atoms with Crippen LogP contribution in [0.2, 0.25) is 0 Å². The minimum absolute atomic E-state index is 0.105. The minimum atomic E-state index is -5.05. The van der Waals surface area contributed by atoms with Gasteiger partial charge in [0.25, 0.3) is 0 Å². The van der Waals surface area contributed by atoms with Gasteiger partial charge < -0.3 is 0 Å². The lowest BCUT2D eigenvalue weighted by atomic mass is 10.0. The molecule has 1 unspecified atom stereocenters. The predicted octanol–water partition coefficient (Wildman–Crippen LogP) is 6.15. The molecule has 0 saturated heterocycles. The summed E-state index contributed by atoms with van der Waals surface area (Å²) in [5.41, 5.74) is -4.92. The van der Waals surface area contributed by atoms with Crippen LogP contribution < -0.4 is 0 Å². The molecule has 0 radical (unpaired) electrons. The van der Waals surface area contributed by atoms with E-state index >= 15 is 0 Å². The monoisotopic (exact) mass is 364 g/mol. The van der Waals surface area contributed by atoms with Crippen molar-refractivity contribution in [3.05, 3.63) is 0 Å². The molecule has 116 valence electrons. The molecule has 0 rings (SSSR count). The predicted molar refractivity (Wildman–Crippen MR) is 71.5 cm³/mol. The highest BCUT2D eigenvalue weighted by Crippen LogP contribution is 2.50. The summed E-state index contributed by atoms with van der Waals surface area (Å²) in [7, 11) is 0. The fraction of sp³-hybridized carbons (Fsp3) is 1.00. The van der Waals surface area contributed by atoms with Crippen LogP contribution in [0.4, 0.5) is 22.0 Å². The zero-order chi connectivity index (χ0) is 15.3. The maximum absolute atomic E-state index is 13.3. The molecule has 0 saturated carbocycles. The third-order valence-electron chi connectivity index (χ3n) is 2.73. The molecule has 0 aliphatic rings. The van der Waals surface area contributed by atoms with E-state index in [-0.39, 0.29) is 6.42 Å². The Hall–Kier alpha value is 0.737. The van der Waals surface area contributed by atoms with Crippen LogP contribution in [0.5, 0.6) is 0 Å². The molecule has 19 heavy (non-hydrogen) atoms. The third-order valence-corrected chi connectivity index (χ3v) is 5.91. The van der Waals surface area contributed by atoms with E-state index in [4.69, 9.17) is 33.2 Å². The molecule has 0 spiro atoms. The summed E-state index contributed by atoms with van der Waals surface area (Å²) in [6.07, 6.45) is -0.468. The zero-order valence-electron chi connectivity index (χ0n) is 10.3. The van der Waals surface area contributed by atoms with Crippen molar-refractivity contribution < 1.29 is 22.0 Å². The quantitative estimate of drug-likeness (QED) is 0.199. The van der Waals surface area contributed by atoms with E-state index in [1.54, 1.807) is 0 Å². The summed E-state index contributed by atoms with van der Waals surface area (Å²) in [5, 5.41) is 0. The number of hydrogen-bond donors (Lipinski definition) is 0. The van der Waals surface area contributed by atoms with E-state index in [1.165, 1.54) is 0 Å². The number of alkyl halides is 5. The van der Waals surface area contributed by atoms with Crippen molar-refractivity contribution in [2.24, 2.45) is 0 Å². The van der Waals surface area contributed by atoms with Gasteiger partial charge in [-0.2, -0.15) is 17.6 Å². The Kier molecular flexibility index (Phi) is 7.96. The highest BCUT2D eigenvalue weighted by atomic mass is 35.8. The van der Waals surface area contributed by atoms with Gasteiger partial charge in [0.2, 0.25) is 0 Å². The Morgan fingerprint density at radius 1 is 0.947 bits per heavy atom. The van der Waals surface area contributed by atoms with Crippen molar-refractivity contribution in [2.75, 3.05) is 0 Å². The van der Waals surface area contributed by atoms with Gasteiger partial charge in [0.15, 0.2) is 6.17 Å². The summed E-state index contributed by atoms with van der Waals surface area (Å²) in [5.74, 6) is -4.95. The Labute approximate surface area is 124 Å². The molecule has 0 N–H and O–H groups in total. The maximum Gasteiger partial charge on any atom is 0.424 e. The van der Waals surface area contributed by atoms with E-state index in [1.807, 2.05) is 6.92 Å². The minimum Gasteiger partial charge on any atom is -0.241 e. The number of halogens is 8. The molecule has 0 nitrogen and oxygen atoms in total. The number of unbranched alkanes of at least 4 members (excludes halogenated alkanes) is 4. The summed E-state index contributed by atoms with van der Waals surface area (Å²) in [6, 6.07) is -5.05. The van der Waals surface area contributed by atoms with Crippen molar-refractivity contribution in [1.82, 2.24) is 0 Å². The molecule has 0 aliphatic heterocycles. The van der Waals surface area contributed by atoms with E-state index in [0.717, 1.165) is 19.3 Å². The lowest BCUT2D eigenvalue weighted by Crippen LogP contribution is -2.58. The smallest absolute Gasteiger partial charge is 0.241 e. The molecule has 0 fully saturated rings. The van der Waals surface area contributed by atoms with Crippen LogP contribution in [-0.2, 0) is 0 Å². The van der Waals surface area contributed by atoms with Gasteiger partial charge in [-0.15, -0.1) is 33.2 Å². The maximum atomic E-state index is 13.3. The summed E-state index contributed by atoms with van der Waals surface area (Å²) < 4.78 is 66.5. The van der Waals surface area contributed by atoms with Crippen molar-refractivity contribution in [1.29, 1.82) is 0 Å². The second-order valence-electron chi connectivity index (χ2n) is 4.37. The molecule has 0 aromatic heterocycles. The van der Waals surface area contributed by atoms with Crippen LogP contribution >= 0.6 is 33.2 Å². The standard InChI is InChI=1S/C10H16Cl3F5Si/c1-2-3-4-5-6-7-8(14)9(15,16)10(17,18)19(11,12)13/h8H,2-7H2,1H3. The Bertz CT molecular complexity index is 270. The van der Waals surface area contributed by atoms with Gasteiger partial charge in [-0.05, 0) is 6.42 Å². The second kappa shape index (κ2) is 7.66. The summed E-state index contributed by atoms with van der Waals surface area (Å²) in [4.78, 5) is 0. The molecule has 0 bridgehead atoms. The Morgan fingerprint density at radius 2 is 1.42 bits per heavy atom. The van der Waals surface area contributed by atoms with Gasteiger partial charge in [-0.3, -0.25) is 0 Å². The molecule has 0 heterocycles. The molecule has 0 aromatic carbocycles. The average molecular weight is 366 g/mol. The van der Waals surface area contributed by atoms with Crippen molar-refractivity contribution >= 4 is 39.2 Å². The highest BCUT2D eigenvalue weighted by molar-refractivity contribution is 7.65. The first kappa shape index (κ1) is 19.7. The summed E-state index contributed by atoms with van der Waals surface area (Å²) >= 11 is 14.8. The molecule has 0 aliphatic carbocycles. The van der Waals surface area contributed by atoms with Crippen LogP contribution in [0.15, 0.2) is 0 Å². The normalized spacial score (nSPS) is 15.6. The van der Waals surface area contributed by atoms with E-state index in [9.17, 15) is 22.0 Å². The third kappa shape index (κ3) is 5.21. The molecular formula is C10H16Cl3F5Si. The van der Waals surface area contributed by atoms with E-state index in [2.05, 4.69) is 0 Å². The average Bonchev–Trinajstić information content (AvgIpc) is 2.26. The van der Waals surface area contributed by atoms with Crippen molar-refractivity contribution in [3.63, 3.8) is 0 Å². The van der Waals surface area contributed by atoms with Gasteiger partial charge in [-0.25, -0.2) is 4.39 Å². The lowest BCUT2D eigenvalue weighted by molar-refractivity contribution is -0.199. The largest absolute Gasteiger partial charge is 0.424 e. The van der Waals surface area contributed by atoms with Gasteiger partial charge in [0.05, 0.1) is 0 Å². The Balaban J connectivity index is 4.47. The first-order valence-electron chi connectivity index (χ1n) is 5.95. The van der Waals surface area contributed by atoms with Crippen LogP contribution in [0, 0.1) is 0 Å². The van der Waals surface area contributed by atoms with Gasteiger partial charge in [0.1, 0.15) is 0 Å². The molecule has 0 amide bonds. The topological polar surface area (TPSA) is 0 Å². The van der Waals surface area contributed by atoms with Crippen LogP contribution in [0.3, 0.4) is 0 Å². The van der Waals surface area contributed by atoms with Gasteiger partial charge >= 0.3 is 17.5 Å². The second-order valence-corrected chi connectivity index (χ2v) is 12.8. The van der Waals surface area contributed by atoms with E-state index < -0.39 is 30.1 Å². The molecule has 9 heteroatoms. The van der Waals surface area contributed by atoms with Gasteiger partial charge in [0, 0.05) is 0 Å². The van der Waals surface area contributed by atoms with E-state index in [0.29, 0.717) is 6.42 Å². The molecule has 0 aromatic rings. The van der Waals surface area contributed by atoms with Crippen LogP contribution in [-0.4, -0.2) is 23.6 Å². The molecular weight excluding hydrogens is 350 g/mol. The first-order chi connectivity index (χ1) is 8.48.